The summed E-state index contributed by atoms with van der Waals surface area (Å²) in [5, 5.41) is 2.87. The van der Waals surface area contributed by atoms with Gasteiger partial charge in [-0.3, -0.25) is 0 Å². The monoisotopic (exact) mass is 191 g/mol. The molecule has 1 aromatic carbocycles. The molecule has 3 nitrogen and oxygen atoms in total. The third kappa shape index (κ3) is 1.35. The number of carbonyl (C=O) groups excluding carboxylic acids is 1. The van der Waals surface area contributed by atoms with Gasteiger partial charge >= 0.3 is 6.09 Å². The van der Waals surface area contributed by atoms with Gasteiger partial charge in [-0.1, -0.05) is 37.3 Å². The van der Waals surface area contributed by atoms with Crippen LogP contribution >= 0.6 is 0 Å². The van der Waals surface area contributed by atoms with E-state index in [9.17, 15) is 4.79 Å². The molecule has 1 fully saturated rings. The van der Waals surface area contributed by atoms with Crippen LogP contribution in [0.4, 0.5) is 4.79 Å². The molecule has 0 bridgehead atoms. The van der Waals surface area contributed by atoms with Gasteiger partial charge in [-0.2, -0.15) is 0 Å². The van der Waals surface area contributed by atoms with E-state index in [1.54, 1.807) is 0 Å². The summed E-state index contributed by atoms with van der Waals surface area (Å²) in [5.41, 5.74) is 0.784. The number of alkyl carbamates (subject to hydrolysis) is 1. The lowest BCUT2D eigenvalue weighted by atomic mass is 9.89. The molecule has 0 saturated carbocycles. The average Bonchev–Trinajstić information content (AvgIpc) is 2.63. The number of hydrogen-bond acceptors (Lipinski definition) is 2. The molecule has 1 amide bonds. The lowest BCUT2D eigenvalue weighted by molar-refractivity contribution is 0.171. The second-order valence-electron chi connectivity index (χ2n) is 3.50. The van der Waals surface area contributed by atoms with Crippen LogP contribution in [0.5, 0.6) is 0 Å². The molecule has 3 heteroatoms. The first kappa shape index (κ1) is 9.06. The summed E-state index contributed by atoms with van der Waals surface area (Å²) in [7, 11) is 0. The minimum Gasteiger partial charge on any atom is -0.447 e. The molecule has 1 aliphatic heterocycles. The van der Waals surface area contributed by atoms with Crippen LogP contribution in [0.25, 0.3) is 0 Å². The molecule has 0 aliphatic carbocycles. The second kappa shape index (κ2) is 3.33. The Hall–Kier alpha value is -1.51. The quantitative estimate of drug-likeness (QED) is 0.776. The molecule has 0 spiro atoms. The third-order valence-electron chi connectivity index (χ3n) is 2.72. The third-order valence-corrected chi connectivity index (χ3v) is 2.72. The zero-order valence-electron chi connectivity index (χ0n) is 8.12. The average molecular weight is 191 g/mol. The van der Waals surface area contributed by atoms with E-state index in [1.165, 1.54) is 0 Å². The highest BCUT2D eigenvalue weighted by Gasteiger charge is 2.39. The van der Waals surface area contributed by atoms with Gasteiger partial charge in [0.2, 0.25) is 0 Å². The van der Waals surface area contributed by atoms with Crippen molar-refractivity contribution in [2.24, 2.45) is 0 Å². The van der Waals surface area contributed by atoms with Crippen molar-refractivity contribution in [1.29, 1.82) is 0 Å². The van der Waals surface area contributed by atoms with E-state index in [0.717, 1.165) is 12.0 Å². The molecule has 1 heterocycles. The number of cyclic esters (lactones) is 1. The Labute approximate surface area is 83.1 Å². The van der Waals surface area contributed by atoms with Crippen molar-refractivity contribution in [3.05, 3.63) is 35.9 Å². The first-order valence-corrected chi connectivity index (χ1v) is 4.77. The summed E-state index contributed by atoms with van der Waals surface area (Å²) in [6, 6.07) is 9.93. The van der Waals surface area contributed by atoms with Crippen LogP contribution in [0.1, 0.15) is 18.9 Å². The lowest BCUT2D eigenvalue weighted by Gasteiger charge is -2.25. The molecule has 1 saturated heterocycles. The fourth-order valence-electron chi connectivity index (χ4n) is 1.76. The van der Waals surface area contributed by atoms with Crippen LogP contribution < -0.4 is 5.32 Å². The van der Waals surface area contributed by atoms with E-state index in [0.29, 0.717) is 6.61 Å². The van der Waals surface area contributed by atoms with Gasteiger partial charge in [0, 0.05) is 0 Å². The summed E-state index contributed by atoms with van der Waals surface area (Å²) in [6.07, 6.45) is 0.513. The summed E-state index contributed by atoms with van der Waals surface area (Å²) >= 11 is 0. The maximum absolute atomic E-state index is 11.1. The van der Waals surface area contributed by atoms with Crippen LogP contribution in [0.2, 0.25) is 0 Å². The minimum absolute atomic E-state index is 0.321. The number of nitrogens with one attached hydrogen (secondary N) is 1. The van der Waals surface area contributed by atoms with E-state index in [-0.39, 0.29) is 11.6 Å². The smallest absolute Gasteiger partial charge is 0.408 e. The van der Waals surface area contributed by atoms with E-state index < -0.39 is 0 Å². The normalized spacial score (nSPS) is 25.6. The SMILES string of the molecule is CC[C@@]1(c2ccccc2)COC(=O)N1. The number of ether oxygens (including phenoxy) is 1. The van der Waals surface area contributed by atoms with Crippen molar-refractivity contribution in [2.45, 2.75) is 18.9 Å². The van der Waals surface area contributed by atoms with E-state index >= 15 is 0 Å². The van der Waals surface area contributed by atoms with Crippen molar-refractivity contribution in [3.63, 3.8) is 0 Å². The molecule has 1 N–H and O–H groups in total. The number of hydrogen-bond donors (Lipinski definition) is 1. The Kier molecular flexibility index (Phi) is 2.15. The molecule has 0 aromatic heterocycles. The van der Waals surface area contributed by atoms with Crippen molar-refractivity contribution in [1.82, 2.24) is 5.32 Å². The molecular weight excluding hydrogens is 178 g/mol. The van der Waals surface area contributed by atoms with Crippen molar-refractivity contribution in [3.8, 4) is 0 Å². The van der Waals surface area contributed by atoms with Crippen LogP contribution in [-0.4, -0.2) is 12.7 Å². The Balaban J connectivity index is 2.34. The van der Waals surface area contributed by atoms with Gasteiger partial charge in [0.05, 0.1) is 0 Å². The zero-order valence-corrected chi connectivity index (χ0v) is 8.12. The molecule has 1 aromatic rings. The van der Waals surface area contributed by atoms with Gasteiger partial charge in [-0.05, 0) is 12.0 Å². The minimum atomic E-state index is -0.323. The Bertz CT molecular complexity index is 336. The predicted molar refractivity (Wildman–Crippen MR) is 52.9 cm³/mol. The van der Waals surface area contributed by atoms with E-state index in [4.69, 9.17) is 4.74 Å². The molecule has 0 radical (unpaired) electrons. The van der Waals surface area contributed by atoms with Crippen LogP contribution in [0.3, 0.4) is 0 Å². The highest BCUT2D eigenvalue weighted by atomic mass is 16.6. The highest BCUT2D eigenvalue weighted by Crippen LogP contribution is 2.28. The van der Waals surface area contributed by atoms with Gasteiger partial charge < -0.3 is 10.1 Å². The highest BCUT2D eigenvalue weighted by molar-refractivity contribution is 5.71. The molecule has 1 aliphatic rings. The zero-order chi connectivity index (χ0) is 10.0. The van der Waals surface area contributed by atoms with Crippen LogP contribution in [0, 0.1) is 0 Å². The first-order chi connectivity index (χ1) is 6.77. The van der Waals surface area contributed by atoms with Crippen molar-refractivity contribution >= 4 is 6.09 Å². The summed E-state index contributed by atoms with van der Waals surface area (Å²) in [5.74, 6) is 0. The number of rotatable bonds is 2. The van der Waals surface area contributed by atoms with Gasteiger partial charge in [-0.15, -0.1) is 0 Å². The Morgan fingerprint density at radius 3 is 2.64 bits per heavy atom. The number of amides is 1. The fourth-order valence-corrected chi connectivity index (χ4v) is 1.76. The molecule has 1 atom stereocenters. The van der Waals surface area contributed by atoms with Gasteiger partial charge in [-0.25, -0.2) is 4.79 Å². The summed E-state index contributed by atoms with van der Waals surface area (Å²) in [6.45, 7) is 2.47. The van der Waals surface area contributed by atoms with Gasteiger partial charge in [0.15, 0.2) is 0 Å². The summed E-state index contributed by atoms with van der Waals surface area (Å²) < 4.78 is 4.96. The molecule has 14 heavy (non-hydrogen) atoms. The van der Waals surface area contributed by atoms with Crippen LogP contribution in [-0.2, 0) is 10.3 Å². The van der Waals surface area contributed by atoms with Gasteiger partial charge in [0.25, 0.3) is 0 Å². The molecular formula is C11H13NO2. The van der Waals surface area contributed by atoms with E-state index in [2.05, 4.69) is 5.32 Å². The topological polar surface area (TPSA) is 38.3 Å². The first-order valence-electron chi connectivity index (χ1n) is 4.77. The van der Waals surface area contributed by atoms with Crippen molar-refractivity contribution in [2.75, 3.05) is 6.61 Å². The number of benzene rings is 1. The molecule has 0 unspecified atom stereocenters. The molecule has 2 rings (SSSR count). The lowest BCUT2D eigenvalue weighted by Crippen LogP contribution is -2.39. The second-order valence-corrected chi connectivity index (χ2v) is 3.50. The Morgan fingerprint density at radius 2 is 2.14 bits per heavy atom. The fraction of sp³-hybridized carbons (Fsp3) is 0.364. The van der Waals surface area contributed by atoms with E-state index in [1.807, 2.05) is 37.3 Å². The predicted octanol–water partition coefficient (Wildman–Crippen LogP) is 2.03. The van der Waals surface area contributed by atoms with Gasteiger partial charge in [0.1, 0.15) is 12.1 Å². The largest absolute Gasteiger partial charge is 0.447 e. The standard InChI is InChI=1S/C11H13NO2/c1-2-11(8-14-10(13)12-11)9-6-4-3-5-7-9/h3-7H,2,8H2,1H3,(H,12,13)/t11-/m0/s1. The maximum Gasteiger partial charge on any atom is 0.408 e. The number of carbonyl (C=O) groups is 1. The molecule has 74 valence electrons. The van der Waals surface area contributed by atoms with Crippen LogP contribution in [0.15, 0.2) is 30.3 Å². The Morgan fingerprint density at radius 1 is 1.43 bits per heavy atom. The van der Waals surface area contributed by atoms with Crippen molar-refractivity contribution < 1.29 is 9.53 Å². The maximum atomic E-state index is 11.1. The summed E-state index contributed by atoms with van der Waals surface area (Å²) in [4.78, 5) is 11.1.